The molecule has 0 saturated carbocycles. The van der Waals surface area contributed by atoms with Gasteiger partial charge in [0.25, 0.3) is 11.5 Å². The number of halogens is 1. The molecule has 0 aliphatic carbocycles. The summed E-state index contributed by atoms with van der Waals surface area (Å²) in [5.41, 5.74) is 0.853. The Hall–Kier alpha value is -3.92. The maximum absolute atomic E-state index is 13.3. The van der Waals surface area contributed by atoms with Gasteiger partial charge in [0, 0.05) is 22.6 Å². The number of amides is 1. The number of hydrogen-bond acceptors (Lipinski definition) is 7. The van der Waals surface area contributed by atoms with Gasteiger partial charge >= 0.3 is 5.91 Å². The van der Waals surface area contributed by atoms with Crippen molar-refractivity contribution in [3.63, 3.8) is 0 Å². The second kappa shape index (κ2) is 7.97. The van der Waals surface area contributed by atoms with Crippen LogP contribution < -0.4 is 4.90 Å². The summed E-state index contributed by atoms with van der Waals surface area (Å²) in [6, 6.07) is 9.13. The predicted molar refractivity (Wildman–Crippen MR) is 116 cm³/mol. The molecule has 0 radical (unpaired) electrons. The molecule has 0 bridgehead atoms. The van der Waals surface area contributed by atoms with Gasteiger partial charge in [-0.3, -0.25) is 24.6 Å². The summed E-state index contributed by atoms with van der Waals surface area (Å²) in [5.74, 6) is -2.81. The molecule has 0 spiro atoms. The van der Waals surface area contributed by atoms with Crippen LogP contribution in [0.25, 0.3) is 5.76 Å². The number of ketones is 1. The van der Waals surface area contributed by atoms with E-state index in [1.165, 1.54) is 52.6 Å². The number of Topliss-reactive ketones (excluding diaryl/α,β-unsaturated/α-hetero) is 1. The van der Waals surface area contributed by atoms with E-state index in [0.717, 1.165) is 17.0 Å². The van der Waals surface area contributed by atoms with Crippen LogP contribution in [-0.4, -0.2) is 26.7 Å². The molecular formula is C22H16FN3O5S. The Kier molecular flexibility index (Phi) is 5.31. The van der Waals surface area contributed by atoms with Crippen LogP contribution in [0.4, 0.5) is 15.2 Å². The fourth-order valence-electron chi connectivity index (χ4n) is 3.45. The van der Waals surface area contributed by atoms with Gasteiger partial charge in [0.2, 0.25) is 0 Å². The first-order chi connectivity index (χ1) is 15.2. The quantitative estimate of drug-likeness (QED) is 0.205. The molecule has 2 aromatic carbocycles. The minimum absolute atomic E-state index is 0.155. The highest BCUT2D eigenvalue weighted by Gasteiger charge is 2.48. The number of hydrogen-bond donors (Lipinski definition) is 1. The van der Waals surface area contributed by atoms with Crippen LogP contribution in [0.1, 0.15) is 27.7 Å². The zero-order valence-corrected chi connectivity index (χ0v) is 17.7. The highest BCUT2D eigenvalue weighted by atomic mass is 32.1. The number of aliphatic hydroxyl groups is 1. The molecular weight excluding hydrogens is 437 g/mol. The summed E-state index contributed by atoms with van der Waals surface area (Å²) in [5, 5.41) is 22.2. The standard InChI is InChI=1S/C22H16FN3O5S/c1-11-12(2)32-22(24-11)25-18(13-5-9-16(10-6-13)26(30)31)17(20(28)21(25)29)19(27)14-3-7-15(23)8-4-14/h3-10,18,27H,1-2H3/b19-17+/t18-/m0/s1. The second-order valence-corrected chi connectivity index (χ2v) is 8.34. The van der Waals surface area contributed by atoms with E-state index in [4.69, 9.17) is 0 Å². The predicted octanol–water partition coefficient (Wildman–Crippen LogP) is 4.43. The fourth-order valence-corrected chi connectivity index (χ4v) is 4.38. The number of nitrogens with zero attached hydrogens (tertiary/aromatic N) is 3. The number of rotatable bonds is 4. The molecule has 1 atom stereocenters. The van der Waals surface area contributed by atoms with Crippen LogP contribution in [0.3, 0.4) is 0 Å². The molecule has 3 aromatic rings. The maximum Gasteiger partial charge on any atom is 0.301 e. The number of thiazole rings is 1. The Morgan fingerprint density at radius 3 is 2.28 bits per heavy atom. The highest BCUT2D eigenvalue weighted by molar-refractivity contribution is 7.16. The summed E-state index contributed by atoms with van der Waals surface area (Å²) >= 11 is 1.22. The Bertz CT molecular complexity index is 1260. The van der Waals surface area contributed by atoms with E-state index >= 15 is 0 Å². The van der Waals surface area contributed by atoms with Gasteiger partial charge in [0.15, 0.2) is 5.13 Å². The zero-order chi connectivity index (χ0) is 23.2. The first-order valence-electron chi connectivity index (χ1n) is 9.44. The minimum atomic E-state index is -1.06. The van der Waals surface area contributed by atoms with Crippen LogP contribution >= 0.6 is 11.3 Å². The Balaban J connectivity index is 1.93. The van der Waals surface area contributed by atoms with E-state index in [1.54, 1.807) is 6.92 Å². The van der Waals surface area contributed by atoms with E-state index in [2.05, 4.69) is 4.98 Å². The van der Waals surface area contributed by atoms with Crippen LogP contribution in [0.5, 0.6) is 0 Å². The van der Waals surface area contributed by atoms with Gasteiger partial charge in [0.05, 0.1) is 22.2 Å². The van der Waals surface area contributed by atoms with Crippen molar-refractivity contribution in [2.75, 3.05) is 4.90 Å². The van der Waals surface area contributed by atoms with E-state index in [-0.39, 0.29) is 22.0 Å². The molecule has 4 rings (SSSR count). The Labute approximate surface area is 185 Å². The van der Waals surface area contributed by atoms with E-state index < -0.39 is 34.2 Å². The highest BCUT2D eigenvalue weighted by Crippen LogP contribution is 2.43. The molecule has 1 aliphatic rings. The first kappa shape index (κ1) is 21.3. The van der Waals surface area contributed by atoms with Gasteiger partial charge in [-0.1, -0.05) is 0 Å². The van der Waals surface area contributed by atoms with E-state index in [0.29, 0.717) is 11.3 Å². The third kappa shape index (κ3) is 3.54. The molecule has 2 heterocycles. The summed E-state index contributed by atoms with van der Waals surface area (Å²) in [7, 11) is 0. The smallest absolute Gasteiger partial charge is 0.301 e. The number of nitro benzene ring substituents is 1. The lowest BCUT2D eigenvalue weighted by Crippen LogP contribution is -2.29. The summed E-state index contributed by atoms with van der Waals surface area (Å²) in [6.07, 6.45) is 0. The Morgan fingerprint density at radius 1 is 1.12 bits per heavy atom. The average Bonchev–Trinajstić information content (AvgIpc) is 3.23. The number of carbonyl (C=O) groups excluding carboxylic acids is 2. The molecule has 162 valence electrons. The van der Waals surface area contributed by atoms with Crippen molar-refractivity contribution in [3.8, 4) is 0 Å². The normalized spacial score (nSPS) is 17.7. The number of benzene rings is 2. The van der Waals surface area contributed by atoms with Crippen LogP contribution in [0.15, 0.2) is 54.1 Å². The third-order valence-electron chi connectivity index (χ3n) is 5.21. The minimum Gasteiger partial charge on any atom is -0.507 e. The molecule has 8 nitrogen and oxygen atoms in total. The van der Waals surface area contributed by atoms with Crippen molar-refractivity contribution in [1.29, 1.82) is 0 Å². The van der Waals surface area contributed by atoms with E-state index in [1.807, 2.05) is 6.92 Å². The van der Waals surface area contributed by atoms with Crippen molar-refractivity contribution in [2.45, 2.75) is 19.9 Å². The zero-order valence-electron chi connectivity index (χ0n) is 16.9. The third-order valence-corrected chi connectivity index (χ3v) is 6.28. The SMILES string of the molecule is Cc1nc(N2C(=O)C(=O)/C(=C(/O)c3ccc(F)cc3)[C@@H]2c2ccc([N+](=O)[O-])cc2)sc1C. The number of nitro groups is 1. The number of anilines is 1. The van der Waals surface area contributed by atoms with Gasteiger partial charge in [0.1, 0.15) is 11.6 Å². The van der Waals surface area contributed by atoms with Crippen molar-refractivity contribution in [1.82, 2.24) is 4.98 Å². The summed E-state index contributed by atoms with van der Waals surface area (Å²) in [6.45, 7) is 3.60. The molecule has 1 N–H and O–H groups in total. The lowest BCUT2D eigenvalue weighted by Gasteiger charge is -2.23. The molecule has 1 aromatic heterocycles. The topological polar surface area (TPSA) is 114 Å². The number of aryl methyl sites for hydroxylation is 2. The maximum atomic E-state index is 13.3. The van der Waals surface area contributed by atoms with Crippen LogP contribution in [0, 0.1) is 29.8 Å². The number of aromatic nitrogens is 1. The van der Waals surface area contributed by atoms with Crippen molar-refractivity contribution in [3.05, 3.63) is 91.7 Å². The fraction of sp³-hybridized carbons (Fsp3) is 0.136. The van der Waals surface area contributed by atoms with Gasteiger partial charge in [-0.05, 0) is 55.8 Å². The molecule has 32 heavy (non-hydrogen) atoms. The molecule has 1 fully saturated rings. The van der Waals surface area contributed by atoms with Crippen molar-refractivity contribution in [2.24, 2.45) is 0 Å². The molecule has 1 saturated heterocycles. The molecule has 1 aliphatic heterocycles. The van der Waals surface area contributed by atoms with Gasteiger partial charge < -0.3 is 5.11 Å². The van der Waals surface area contributed by atoms with Gasteiger partial charge in [-0.25, -0.2) is 9.37 Å². The van der Waals surface area contributed by atoms with Gasteiger partial charge in [-0.2, -0.15) is 0 Å². The average molecular weight is 453 g/mol. The van der Waals surface area contributed by atoms with Crippen LogP contribution in [-0.2, 0) is 9.59 Å². The first-order valence-corrected chi connectivity index (χ1v) is 10.3. The number of non-ortho nitro benzene ring substituents is 1. The Morgan fingerprint density at radius 2 is 1.75 bits per heavy atom. The van der Waals surface area contributed by atoms with E-state index in [9.17, 15) is 29.2 Å². The summed E-state index contributed by atoms with van der Waals surface area (Å²) < 4.78 is 13.3. The molecule has 0 unspecified atom stereocenters. The number of carbonyl (C=O) groups is 2. The monoisotopic (exact) mass is 453 g/mol. The van der Waals surface area contributed by atoms with Crippen molar-refractivity contribution >= 4 is 39.6 Å². The van der Waals surface area contributed by atoms with Crippen LogP contribution in [0.2, 0.25) is 0 Å². The second-order valence-electron chi connectivity index (χ2n) is 7.16. The number of aliphatic hydroxyl groups excluding tert-OH is 1. The lowest BCUT2D eigenvalue weighted by molar-refractivity contribution is -0.384. The molecule has 1 amide bonds. The summed E-state index contributed by atoms with van der Waals surface area (Å²) in [4.78, 5) is 42.9. The molecule has 10 heteroatoms. The largest absolute Gasteiger partial charge is 0.507 e. The van der Waals surface area contributed by atoms with Gasteiger partial charge in [-0.15, -0.1) is 11.3 Å². The van der Waals surface area contributed by atoms with Crippen molar-refractivity contribution < 1.29 is 24.0 Å². The lowest BCUT2D eigenvalue weighted by atomic mass is 9.95.